The number of aliphatic hydroxyl groups excluding tert-OH is 2. The second-order valence-electron chi connectivity index (χ2n) is 8.74. The molecule has 0 unspecified atom stereocenters. The number of nitrogens with zero attached hydrogens (tertiary/aromatic N) is 4. The minimum atomic E-state index is -1.87. The first kappa shape index (κ1) is 19.2. The molecule has 4 N–H and O–H groups in total. The van der Waals surface area contributed by atoms with Gasteiger partial charge >= 0.3 is 5.97 Å². The van der Waals surface area contributed by atoms with Crippen molar-refractivity contribution in [2.75, 3.05) is 12.3 Å². The van der Waals surface area contributed by atoms with Crippen LogP contribution in [-0.4, -0.2) is 55.2 Å². The number of hydrogen-bond donors (Lipinski definition) is 3. The van der Waals surface area contributed by atoms with E-state index >= 15 is 0 Å². The highest BCUT2D eigenvalue weighted by Gasteiger charge is 2.58. The molecule has 5 rings (SSSR count). The number of nitrogens with two attached hydrogens (primary N) is 1. The van der Waals surface area contributed by atoms with Crippen molar-refractivity contribution in [1.82, 2.24) is 14.6 Å². The average Bonchev–Trinajstić information content (AvgIpc) is 3.20. The summed E-state index contributed by atoms with van der Waals surface area (Å²) in [6.45, 7) is -0.457. The molecular weight excluding hydrogens is 390 g/mol. The highest BCUT2D eigenvalue weighted by Crippen LogP contribution is 2.59. The Hall–Kier alpha value is -2.74. The van der Waals surface area contributed by atoms with Crippen LogP contribution in [0.2, 0.25) is 0 Å². The van der Waals surface area contributed by atoms with Crippen LogP contribution in [0.5, 0.6) is 0 Å². The fourth-order valence-corrected chi connectivity index (χ4v) is 5.01. The molecule has 0 aromatic carbocycles. The lowest BCUT2D eigenvalue weighted by molar-refractivity contribution is -0.170. The number of carbonyl (C=O) groups excluding carboxylic acids is 1. The molecule has 10 nitrogen and oxygen atoms in total. The number of carbonyl (C=O) groups is 1. The second kappa shape index (κ2) is 6.63. The smallest absolute Gasteiger partial charge is 0.309 e. The lowest BCUT2D eigenvalue weighted by atomic mass is 9.52. The Morgan fingerprint density at radius 3 is 2.83 bits per heavy atom. The van der Waals surface area contributed by atoms with Crippen LogP contribution in [0.4, 0.5) is 5.82 Å². The van der Waals surface area contributed by atoms with Gasteiger partial charge in [-0.25, -0.2) is 9.50 Å². The molecule has 3 aliphatic rings. The molecule has 2 aromatic heterocycles. The molecule has 0 amide bonds. The minimum absolute atomic E-state index is 0.172. The minimum Gasteiger partial charge on any atom is -0.461 e. The SMILES string of the molecule is N#C[C@]1(COC(=O)C2CC3(CCC3)C2)O[C@@H](c2ccc3c(N)ncnn23)[C@H](O)[C@@H]1O. The fourth-order valence-electron chi connectivity index (χ4n) is 5.01. The molecule has 0 bridgehead atoms. The van der Waals surface area contributed by atoms with Gasteiger partial charge in [-0.1, -0.05) is 6.42 Å². The monoisotopic (exact) mass is 413 g/mol. The summed E-state index contributed by atoms with van der Waals surface area (Å²) in [5.41, 5.74) is 5.19. The Morgan fingerprint density at radius 2 is 2.17 bits per heavy atom. The number of esters is 1. The zero-order valence-corrected chi connectivity index (χ0v) is 16.3. The molecule has 2 aliphatic carbocycles. The van der Waals surface area contributed by atoms with E-state index in [9.17, 15) is 20.3 Å². The number of aromatic nitrogens is 3. The van der Waals surface area contributed by atoms with Crippen molar-refractivity contribution in [3.63, 3.8) is 0 Å². The Labute approximate surface area is 172 Å². The third kappa shape index (κ3) is 2.70. The molecular formula is C20H23N5O5. The summed E-state index contributed by atoms with van der Waals surface area (Å²) in [6, 6.07) is 5.19. The van der Waals surface area contributed by atoms with E-state index in [0.717, 1.165) is 25.7 Å². The van der Waals surface area contributed by atoms with Crippen LogP contribution in [0.1, 0.15) is 43.9 Å². The predicted molar refractivity (Wildman–Crippen MR) is 102 cm³/mol. The fraction of sp³-hybridized carbons (Fsp3) is 0.600. The molecule has 1 spiro atoms. The first-order chi connectivity index (χ1) is 14.4. The summed E-state index contributed by atoms with van der Waals surface area (Å²) in [6.07, 6.45) is 2.39. The molecule has 10 heteroatoms. The van der Waals surface area contributed by atoms with Crippen molar-refractivity contribution in [2.45, 2.75) is 56.0 Å². The number of ether oxygens (including phenoxy) is 2. The molecule has 0 radical (unpaired) electrons. The van der Waals surface area contributed by atoms with Gasteiger partial charge in [0.25, 0.3) is 0 Å². The molecule has 30 heavy (non-hydrogen) atoms. The zero-order valence-electron chi connectivity index (χ0n) is 16.3. The summed E-state index contributed by atoms with van der Waals surface area (Å²) < 4.78 is 12.6. The van der Waals surface area contributed by atoms with Crippen LogP contribution < -0.4 is 5.73 Å². The van der Waals surface area contributed by atoms with Crippen molar-refractivity contribution in [3.05, 3.63) is 24.2 Å². The van der Waals surface area contributed by atoms with Gasteiger partial charge in [0, 0.05) is 0 Å². The van der Waals surface area contributed by atoms with E-state index in [1.165, 1.54) is 17.3 Å². The van der Waals surface area contributed by atoms with Crippen LogP contribution in [0.25, 0.3) is 5.52 Å². The summed E-state index contributed by atoms with van der Waals surface area (Å²) in [4.78, 5) is 16.3. The highest BCUT2D eigenvalue weighted by atomic mass is 16.6. The number of nitriles is 1. The first-order valence-electron chi connectivity index (χ1n) is 10.1. The maximum Gasteiger partial charge on any atom is 0.309 e. The van der Waals surface area contributed by atoms with Gasteiger partial charge in [0.15, 0.2) is 5.82 Å². The Kier molecular flexibility index (Phi) is 4.25. The van der Waals surface area contributed by atoms with Crippen LogP contribution in [0.3, 0.4) is 0 Å². The standard InChI is InChI=1S/C20H23N5O5/c21-8-20(9-29-18(28)11-6-19(7-11)4-1-5-19)16(27)14(26)15(30-20)12-2-3-13-17(22)23-10-24-25(12)13/h2-3,10-11,14-16,26-27H,1,4-7,9H2,(H2,22,23,24)/t14-,15-,16-,20+/m0/s1. The van der Waals surface area contributed by atoms with Crippen molar-refractivity contribution in [3.8, 4) is 6.07 Å². The predicted octanol–water partition coefficient (Wildman–Crippen LogP) is 0.490. The Morgan fingerprint density at radius 1 is 1.40 bits per heavy atom. The molecule has 3 heterocycles. The second-order valence-corrected chi connectivity index (χ2v) is 8.74. The molecule has 1 saturated heterocycles. The third-order valence-corrected chi connectivity index (χ3v) is 6.98. The van der Waals surface area contributed by atoms with E-state index in [1.807, 2.05) is 6.07 Å². The summed E-state index contributed by atoms with van der Waals surface area (Å²) in [5.74, 6) is -0.311. The maximum atomic E-state index is 12.4. The lowest BCUT2D eigenvalue weighted by Crippen LogP contribution is -2.49. The number of hydrogen-bond acceptors (Lipinski definition) is 9. The van der Waals surface area contributed by atoms with Gasteiger partial charge in [0.1, 0.15) is 42.8 Å². The number of rotatable bonds is 4. The van der Waals surface area contributed by atoms with Crippen molar-refractivity contribution < 1.29 is 24.5 Å². The molecule has 4 atom stereocenters. The van der Waals surface area contributed by atoms with E-state index in [4.69, 9.17) is 15.2 Å². The number of nitrogen functional groups attached to an aromatic ring is 1. The summed E-state index contributed by atoms with van der Waals surface area (Å²) in [5, 5.41) is 35.1. The number of aliphatic hydroxyl groups is 2. The van der Waals surface area contributed by atoms with E-state index in [2.05, 4.69) is 10.1 Å². The molecule has 2 saturated carbocycles. The van der Waals surface area contributed by atoms with Gasteiger partial charge < -0.3 is 25.4 Å². The Bertz CT molecular complexity index is 1040. The summed E-state index contributed by atoms with van der Waals surface area (Å²) in [7, 11) is 0. The van der Waals surface area contributed by atoms with Crippen LogP contribution in [0.15, 0.2) is 18.5 Å². The molecule has 2 aromatic rings. The number of anilines is 1. The van der Waals surface area contributed by atoms with Gasteiger partial charge in [0.2, 0.25) is 5.60 Å². The van der Waals surface area contributed by atoms with E-state index in [0.29, 0.717) is 16.6 Å². The maximum absolute atomic E-state index is 12.4. The molecule has 1 aliphatic heterocycles. The lowest BCUT2D eigenvalue weighted by Gasteiger charge is -2.53. The zero-order chi connectivity index (χ0) is 21.1. The van der Waals surface area contributed by atoms with Crippen molar-refractivity contribution in [2.24, 2.45) is 11.3 Å². The van der Waals surface area contributed by atoms with Crippen LogP contribution in [0, 0.1) is 22.7 Å². The largest absolute Gasteiger partial charge is 0.461 e. The average molecular weight is 413 g/mol. The van der Waals surface area contributed by atoms with E-state index in [1.54, 1.807) is 12.1 Å². The van der Waals surface area contributed by atoms with Gasteiger partial charge in [-0.05, 0) is 43.2 Å². The third-order valence-electron chi connectivity index (χ3n) is 6.98. The quantitative estimate of drug-likeness (QED) is 0.607. The van der Waals surface area contributed by atoms with Gasteiger partial charge in [0.05, 0.1) is 11.6 Å². The molecule has 158 valence electrons. The molecule has 3 fully saturated rings. The van der Waals surface area contributed by atoms with Gasteiger partial charge in [-0.15, -0.1) is 0 Å². The van der Waals surface area contributed by atoms with Crippen molar-refractivity contribution in [1.29, 1.82) is 5.26 Å². The number of fused-ring (bicyclic) bond motifs is 1. The first-order valence-corrected chi connectivity index (χ1v) is 10.1. The van der Waals surface area contributed by atoms with Crippen molar-refractivity contribution >= 4 is 17.3 Å². The van der Waals surface area contributed by atoms with Gasteiger partial charge in [-0.2, -0.15) is 10.4 Å². The van der Waals surface area contributed by atoms with Crippen LogP contribution >= 0.6 is 0 Å². The Balaban J connectivity index is 1.32. The van der Waals surface area contributed by atoms with E-state index < -0.39 is 30.5 Å². The topological polar surface area (TPSA) is 156 Å². The summed E-state index contributed by atoms with van der Waals surface area (Å²) >= 11 is 0. The van der Waals surface area contributed by atoms with Crippen LogP contribution in [-0.2, 0) is 14.3 Å². The van der Waals surface area contributed by atoms with E-state index in [-0.39, 0.29) is 17.7 Å². The normalized spacial score (nSPS) is 32.5. The van der Waals surface area contributed by atoms with Gasteiger partial charge in [-0.3, -0.25) is 4.79 Å². The highest BCUT2D eigenvalue weighted by molar-refractivity contribution is 5.74.